The number of nitrogens with one attached hydrogen (secondary N) is 1. The molecule has 0 fully saturated rings. The number of amides is 1. The molecule has 1 atom stereocenters. The fourth-order valence-corrected chi connectivity index (χ4v) is 4.23. The standard InChI is InChI=1S/C26H26N2O4/c1-16-13-17(2)27-26(31)21(16)10-12-23(29)20-9-11-22-24(14-20)32-15-25(30)28(22)18(3)19-7-5-4-6-8-19/h4-9,11,13-14,18H,10,12,15H2,1-3H3,(H,27,31). The van der Waals surface area contributed by atoms with Gasteiger partial charge >= 0.3 is 0 Å². The molecule has 0 aliphatic carbocycles. The maximum atomic E-state index is 12.8. The summed E-state index contributed by atoms with van der Waals surface area (Å²) in [7, 11) is 0. The first-order chi connectivity index (χ1) is 15.3. The molecule has 4 rings (SSSR count). The smallest absolute Gasteiger partial charge is 0.265 e. The van der Waals surface area contributed by atoms with E-state index in [1.54, 1.807) is 23.1 Å². The number of carbonyl (C=O) groups excluding carboxylic acids is 2. The first-order valence-electron chi connectivity index (χ1n) is 10.7. The number of pyridine rings is 1. The average Bonchev–Trinajstić information content (AvgIpc) is 2.78. The van der Waals surface area contributed by atoms with Gasteiger partial charge in [-0.3, -0.25) is 19.3 Å². The van der Waals surface area contributed by atoms with Gasteiger partial charge in [0.25, 0.3) is 11.5 Å². The lowest BCUT2D eigenvalue weighted by Gasteiger charge is -2.34. The molecule has 0 spiro atoms. The second-order valence-corrected chi connectivity index (χ2v) is 8.19. The maximum absolute atomic E-state index is 12.8. The molecule has 164 valence electrons. The maximum Gasteiger partial charge on any atom is 0.265 e. The molecule has 6 nitrogen and oxygen atoms in total. The molecule has 2 aromatic carbocycles. The monoisotopic (exact) mass is 430 g/mol. The molecular formula is C26H26N2O4. The van der Waals surface area contributed by atoms with Crippen molar-refractivity contribution in [2.24, 2.45) is 0 Å². The third-order valence-corrected chi connectivity index (χ3v) is 5.93. The summed E-state index contributed by atoms with van der Waals surface area (Å²) in [5, 5.41) is 0. The third kappa shape index (κ3) is 4.21. The van der Waals surface area contributed by atoms with Crippen LogP contribution < -0.4 is 15.2 Å². The predicted octanol–water partition coefficient (Wildman–Crippen LogP) is 4.29. The number of aromatic nitrogens is 1. The SMILES string of the molecule is Cc1cc(C)c(CCC(=O)c2ccc3c(c2)OCC(=O)N3C(C)c2ccccc2)c(=O)[nH]1. The van der Waals surface area contributed by atoms with Crippen molar-refractivity contribution in [3.8, 4) is 5.75 Å². The number of aryl methyl sites for hydroxylation is 2. The van der Waals surface area contributed by atoms with Crippen LogP contribution in [0, 0.1) is 13.8 Å². The molecule has 6 heteroatoms. The Bertz CT molecular complexity index is 1230. The molecule has 0 bridgehead atoms. The van der Waals surface area contributed by atoms with E-state index in [4.69, 9.17) is 4.74 Å². The van der Waals surface area contributed by atoms with E-state index in [-0.39, 0.29) is 36.3 Å². The lowest BCUT2D eigenvalue weighted by molar-refractivity contribution is -0.121. The topological polar surface area (TPSA) is 79.5 Å². The fourth-order valence-electron chi connectivity index (χ4n) is 4.23. The minimum Gasteiger partial charge on any atom is -0.482 e. The van der Waals surface area contributed by atoms with Crippen LogP contribution in [-0.2, 0) is 11.2 Å². The molecule has 1 amide bonds. The summed E-state index contributed by atoms with van der Waals surface area (Å²) in [4.78, 5) is 42.2. The van der Waals surface area contributed by atoms with Crippen molar-refractivity contribution in [1.82, 2.24) is 4.98 Å². The van der Waals surface area contributed by atoms with Gasteiger partial charge in [0, 0.05) is 23.2 Å². The van der Waals surface area contributed by atoms with Gasteiger partial charge in [0.05, 0.1) is 11.7 Å². The lowest BCUT2D eigenvalue weighted by Crippen LogP contribution is -2.40. The van der Waals surface area contributed by atoms with Crippen LogP contribution in [0.25, 0.3) is 0 Å². The molecule has 32 heavy (non-hydrogen) atoms. The fraction of sp³-hybridized carbons (Fsp3) is 0.269. The van der Waals surface area contributed by atoms with Gasteiger partial charge in [-0.2, -0.15) is 0 Å². The Kier molecular flexibility index (Phi) is 5.95. The van der Waals surface area contributed by atoms with Gasteiger partial charge in [-0.15, -0.1) is 0 Å². The number of nitrogens with zero attached hydrogens (tertiary/aromatic N) is 1. The first kappa shape index (κ1) is 21.6. The minimum absolute atomic E-state index is 0.0697. The summed E-state index contributed by atoms with van der Waals surface area (Å²) >= 11 is 0. The quantitative estimate of drug-likeness (QED) is 0.592. The number of rotatable bonds is 6. The molecule has 1 unspecified atom stereocenters. The number of Topliss-reactive ketones (excluding diaryl/α,β-unsaturated/α-hetero) is 1. The number of ketones is 1. The van der Waals surface area contributed by atoms with E-state index < -0.39 is 0 Å². The summed E-state index contributed by atoms with van der Waals surface area (Å²) in [6.07, 6.45) is 0.586. The number of hydrogen-bond donors (Lipinski definition) is 1. The Morgan fingerprint density at radius 2 is 1.84 bits per heavy atom. The van der Waals surface area contributed by atoms with Crippen LogP contribution >= 0.6 is 0 Å². The van der Waals surface area contributed by atoms with Crippen LogP contribution in [-0.4, -0.2) is 23.3 Å². The number of aromatic amines is 1. The molecular weight excluding hydrogens is 404 g/mol. The summed E-state index contributed by atoms with van der Waals surface area (Å²) in [6, 6.07) is 16.7. The zero-order chi connectivity index (χ0) is 22.8. The van der Waals surface area contributed by atoms with Gasteiger partial charge in [0.2, 0.25) is 0 Å². The van der Waals surface area contributed by atoms with Gasteiger partial charge in [-0.1, -0.05) is 30.3 Å². The van der Waals surface area contributed by atoms with E-state index in [0.29, 0.717) is 29.0 Å². The van der Waals surface area contributed by atoms with E-state index in [2.05, 4.69) is 4.98 Å². The average molecular weight is 431 g/mol. The number of ether oxygens (including phenoxy) is 1. The van der Waals surface area contributed by atoms with Gasteiger partial charge in [-0.05, 0) is 62.6 Å². The van der Waals surface area contributed by atoms with E-state index >= 15 is 0 Å². The van der Waals surface area contributed by atoms with Crippen LogP contribution in [0.5, 0.6) is 5.75 Å². The largest absolute Gasteiger partial charge is 0.482 e. The van der Waals surface area contributed by atoms with Crippen molar-refractivity contribution in [3.63, 3.8) is 0 Å². The summed E-state index contributed by atoms with van der Waals surface area (Å²) in [5.74, 6) is 0.319. The summed E-state index contributed by atoms with van der Waals surface area (Å²) in [6.45, 7) is 5.63. The summed E-state index contributed by atoms with van der Waals surface area (Å²) < 4.78 is 5.66. The Morgan fingerprint density at radius 1 is 1.09 bits per heavy atom. The second kappa shape index (κ2) is 8.83. The number of fused-ring (bicyclic) bond motifs is 1. The lowest BCUT2D eigenvalue weighted by atomic mass is 9.99. The Morgan fingerprint density at radius 3 is 2.56 bits per heavy atom. The highest BCUT2D eigenvalue weighted by Gasteiger charge is 2.30. The van der Waals surface area contributed by atoms with Crippen LogP contribution in [0.4, 0.5) is 5.69 Å². The first-order valence-corrected chi connectivity index (χ1v) is 10.7. The Balaban J connectivity index is 1.55. The summed E-state index contributed by atoms with van der Waals surface area (Å²) in [5.41, 5.74) is 4.36. The van der Waals surface area contributed by atoms with Crippen molar-refractivity contribution in [3.05, 3.63) is 92.9 Å². The van der Waals surface area contributed by atoms with Crippen molar-refractivity contribution < 1.29 is 14.3 Å². The Labute approximate surface area is 186 Å². The van der Waals surface area contributed by atoms with Crippen molar-refractivity contribution >= 4 is 17.4 Å². The van der Waals surface area contributed by atoms with Crippen LogP contribution in [0.1, 0.15) is 52.1 Å². The molecule has 0 saturated heterocycles. The zero-order valence-corrected chi connectivity index (χ0v) is 18.5. The highest BCUT2D eigenvalue weighted by Crippen LogP contribution is 2.38. The normalized spacial score (nSPS) is 14.0. The van der Waals surface area contributed by atoms with Crippen molar-refractivity contribution in [2.45, 2.75) is 39.7 Å². The molecule has 1 aliphatic heterocycles. The number of hydrogen-bond acceptors (Lipinski definition) is 4. The number of H-pyrrole nitrogens is 1. The number of benzene rings is 2. The molecule has 2 heterocycles. The number of anilines is 1. The van der Waals surface area contributed by atoms with E-state index in [1.807, 2.05) is 57.2 Å². The van der Waals surface area contributed by atoms with Crippen molar-refractivity contribution in [2.75, 3.05) is 11.5 Å². The second-order valence-electron chi connectivity index (χ2n) is 8.19. The van der Waals surface area contributed by atoms with E-state index in [9.17, 15) is 14.4 Å². The van der Waals surface area contributed by atoms with Gasteiger partial charge in [0.15, 0.2) is 12.4 Å². The predicted molar refractivity (Wildman–Crippen MR) is 123 cm³/mol. The molecule has 1 aliphatic rings. The van der Waals surface area contributed by atoms with Crippen LogP contribution in [0.15, 0.2) is 59.4 Å². The molecule has 0 radical (unpaired) electrons. The van der Waals surface area contributed by atoms with Crippen LogP contribution in [0.3, 0.4) is 0 Å². The highest BCUT2D eigenvalue weighted by molar-refractivity contribution is 6.01. The Hall–Kier alpha value is -3.67. The number of carbonyl (C=O) groups is 2. The third-order valence-electron chi connectivity index (χ3n) is 5.93. The molecule has 1 aromatic heterocycles. The van der Waals surface area contributed by atoms with E-state index in [1.165, 1.54) is 0 Å². The minimum atomic E-state index is -0.163. The van der Waals surface area contributed by atoms with Crippen LogP contribution in [0.2, 0.25) is 0 Å². The van der Waals surface area contributed by atoms with Crippen molar-refractivity contribution in [1.29, 1.82) is 0 Å². The van der Waals surface area contributed by atoms with Gasteiger partial charge in [0.1, 0.15) is 5.75 Å². The highest BCUT2D eigenvalue weighted by atomic mass is 16.5. The zero-order valence-electron chi connectivity index (χ0n) is 18.5. The molecule has 0 saturated carbocycles. The molecule has 3 aromatic rings. The van der Waals surface area contributed by atoms with Gasteiger partial charge < -0.3 is 9.72 Å². The molecule has 1 N–H and O–H groups in total. The van der Waals surface area contributed by atoms with E-state index in [0.717, 1.165) is 16.8 Å². The van der Waals surface area contributed by atoms with Gasteiger partial charge in [-0.25, -0.2) is 0 Å².